The summed E-state index contributed by atoms with van der Waals surface area (Å²) in [6, 6.07) is 87.8. The highest BCUT2D eigenvalue weighted by molar-refractivity contribution is 6.26. The van der Waals surface area contributed by atoms with Crippen molar-refractivity contribution in [2.45, 2.75) is 5.41 Å². The van der Waals surface area contributed by atoms with E-state index in [1.807, 2.05) is 0 Å². The van der Waals surface area contributed by atoms with Crippen molar-refractivity contribution in [3.63, 3.8) is 0 Å². The lowest BCUT2D eigenvalue weighted by molar-refractivity contribution is 0.794. The van der Waals surface area contributed by atoms with Crippen LogP contribution in [0.5, 0.6) is 0 Å². The van der Waals surface area contributed by atoms with Crippen LogP contribution in [0.2, 0.25) is 0 Å². The molecule has 0 aliphatic heterocycles. The van der Waals surface area contributed by atoms with Crippen molar-refractivity contribution in [2.24, 2.45) is 0 Å². The molecule has 13 rings (SSSR count). The van der Waals surface area contributed by atoms with Crippen LogP contribution in [-0.2, 0) is 5.41 Å². The second-order valence-electron chi connectivity index (χ2n) is 16.7. The van der Waals surface area contributed by atoms with Gasteiger partial charge >= 0.3 is 0 Å². The summed E-state index contributed by atoms with van der Waals surface area (Å²) in [6.45, 7) is 0. The van der Waals surface area contributed by atoms with Crippen LogP contribution in [0.3, 0.4) is 0 Å². The first-order valence-corrected chi connectivity index (χ1v) is 21.6. The molecule has 2 aliphatic carbocycles. The molecule has 11 aromatic rings. The smallest absolute Gasteiger partial charge is 0.0726 e. The second kappa shape index (κ2) is 13.5. The number of hydrogen-bond acceptors (Lipinski definition) is 1. The van der Waals surface area contributed by atoms with Crippen LogP contribution in [0.15, 0.2) is 237 Å². The maximum Gasteiger partial charge on any atom is 0.0726 e. The van der Waals surface area contributed by atoms with Gasteiger partial charge in [0, 0.05) is 16.9 Å². The van der Waals surface area contributed by atoms with E-state index in [-0.39, 0.29) is 0 Å². The molecule has 0 radical (unpaired) electrons. The first-order valence-electron chi connectivity index (χ1n) is 21.6. The Morgan fingerprint density at radius 3 is 1.27 bits per heavy atom. The molecule has 2 aliphatic rings. The number of fused-ring (bicyclic) bond motifs is 16. The average Bonchev–Trinajstić information content (AvgIpc) is 3.83. The largest absolute Gasteiger partial charge is 0.310 e. The third-order valence-electron chi connectivity index (χ3n) is 13.7. The SMILES string of the molecule is c1ccc(-c2ccccc2-c2ccc(N(c3ccc4c5ccccc5c5ccccc5c4c3)c3cccc4c3-c3ccccc3C43c4ccccc4-c4ccccc43)cc2)cc1. The lowest BCUT2D eigenvalue weighted by atomic mass is 9.70. The number of anilines is 3. The Kier molecular flexibility index (Phi) is 7.59. The van der Waals surface area contributed by atoms with Crippen LogP contribution in [0.25, 0.3) is 76.8 Å². The molecule has 0 amide bonds. The zero-order valence-corrected chi connectivity index (χ0v) is 34.0. The van der Waals surface area contributed by atoms with Crippen molar-refractivity contribution >= 4 is 49.4 Å². The fourth-order valence-corrected chi connectivity index (χ4v) is 11.2. The van der Waals surface area contributed by atoms with Crippen LogP contribution in [0, 0.1) is 0 Å². The lowest BCUT2D eigenvalue weighted by Crippen LogP contribution is -2.26. The van der Waals surface area contributed by atoms with Gasteiger partial charge in [-0.2, -0.15) is 0 Å². The topological polar surface area (TPSA) is 3.24 Å². The highest BCUT2D eigenvalue weighted by Gasteiger charge is 2.52. The predicted octanol–water partition coefficient (Wildman–Crippen LogP) is 16.3. The minimum atomic E-state index is -0.440. The molecule has 0 aromatic heterocycles. The van der Waals surface area contributed by atoms with E-state index in [1.165, 1.54) is 99.1 Å². The standard InChI is InChI=1S/C61H39N/c1-2-17-40(18-3-1)44-19-4-5-20-45(44)41-33-35-42(36-34-41)62(43-37-38-50-48-23-7-6-21-46(48)47-22-8-9-24-49(47)54(50)39-43)59-32-16-31-58-60(59)53-27-12-15-30-57(53)61(58)55-28-13-10-25-51(55)52-26-11-14-29-56(52)61/h1-39H. The highest BCUT2D eigenvalue weighted by Crippen LogP contribution is 2.64. The van der Waals surface area contributed by atoms with Crippen LogP contribution >= 0.6 is 0 Å². The summed E-state index contributed by atoms with van der Waals surface area (Å²) >= 11 is 0. The highest BCUT2D eigenvalue weighted by atomic mass is 15.1. The fourth-order valence-electron chi connectivity index (χ4n) is 11.2. The van der Waals surface area contributed by atoms with E-state index in [2.05, 4.69) is 241 Å². The maximum atomic E-state index is 2.51. The maximum absolute atomic E-state index is 2.51. The van der Waals surface area contributed by atoms with Crippen LogP contribution in [0.4, 0.5) is 17.1 Å². The molecule has 1 heteroatoms. The number of benzene rings is 11. The van der Waals surface area contributed by atoms with Crippen molar-refractivity contribution in [1.82, 2.24) is 0 Å². The summed E-state index contributed by atoms with van der Waals surface area (Å²) in [7, 11) is 0. The monoisotopic (exact) mass is 785 g/mol. The molecule has 0 bridgehead atoms. The van der Waals surface area contributed by atoms with Gasteiger partial charge in [0.2, 0.25) is 0 Å². The predicted molar refractivity (Wildman–Crippen MR) is 261 cm³/mol. The third-order valence-corrected chi connectivity index (χ3v) is 13.7. The van der Waals surface area contributed by atoms with E-state index in [4.69, 9.17) is 0 Å². The lowest BCUT2D eigenvalue weighted by Gasteiger charge is -2.32. The Balaban J connectivity index is 1.08. The minimum absolute atomic E-state index is 0.440. The summed E-state index contributed by atoms with van der Waals surface area (Å²) < 4.78 is 0. The van der Waals surface area contributed by atoms with E-state index in [0.29, 0.717) is 0 Å². The number of rotatable bonds is 5. The zero-order valence-electron chi connectivity index (χ0n) is 34.0. The molecular weight excluding hydrogens is 747 g/mol. The number of hydrogen-bond donors (Lipinski definition) is 0. The van der Waals surface area contributed by atoms with Gasteiger partial charge in [-0.3, -0.25) is 0 Å². The quantitative estimate of drug-likeness (QED) is 0.157. The van der Waals surface area contributed by atoms with Gasteiger partial charge in [-0.1, -0.05) is 206 Å². The van der Waals surface area contributed by atoms with Gasteiger partial charge in [0.1, 0.15) is 0 Å². The molecule has 0 saturated heterocycles. The van der Waals surface area contributed by atoms with Crippen LogP contribution in [0.1, 0.15) is 22.3 Å². The van der Waals surface area contributed by atoms with E-state index >= 15 is 0 Å². The molecule has 1 nitrogen and oxygen atoms in total. The van der Waals surface area contributed by atoms with Crippen LogP contribution < -0.4 is 4.90 Å². The van der Waals surface area contributed by atoms with E-state index in [0.717, 1.165) is 17.1 Å². The second-order valence-corrected chi connectivity index (χ2v) is 16.7. The minimum Gasteiger partial charge on any atom is -0.310 e. The first kappa shape index (κ1) is 34.8. The molecule has 0 heterocycles. The van der Waals surface area contributed by atoms with E-state index in [1.54, 1.807) is 0 Å². The summed E-state index contributed by atoms with van der Waals surface area (Å²) in [5.74, 6) is 0. The molecule has 62 heavy (non-hydrogen) atoms. The Morgan fingerprint density at radius 2 is 0.677 bits per heavy atom. The molecule has 0 fully saturated rings. The van der Waals surface area contributed by atoms with Gasteiger partial charge in [0.25, 0.3) is 0 Å². The normalized spacial score (nSPS) is 13.0. The van der Waals surface area contributed by atoms with E-state index in [9.17, 15) is 0 Å². The Hall–Kier alpha value is -8.00. The van der Waals surface area contributed by atoms with Gasteiger partial charge in [-0.05, 0) is 124 Å². The van der Waals surface area contributed by atoms with Crippen molar-refractivity contribution in [3.05, 3.63) is 259 Å². The van der Waals surface area contributed by atoms with Crippen molar-refractivity contribution in [3.8, 4) is 44.5 Å². The van der Waals surface area contributed by atoms with Crippen molar-refractivity contribution in [2.75, 3.05) is 4.90 Å². The van der Waals surface area contributed by atoms with Crippen molar-refractivity contribution in [1.29, 1.82) is 0 Å². The van der Waals surface area contributed by atoms with Gasteiger partial charge in [-0.25, -0.2) is 0 Å². The zero-order chi connectivity index (χ0) is 40.8. The summed E-state index contributed by atoms with van der Waals surface area (Å²) in [5, 5.41) is 7.60. The fraction of sp³-hybridized carbons (Fsp3) is 0.0164. The first-order chi connectivity index (χ1) is 30.8. The summed E-state index contributed by atoms with van der Waals surface area (Å²) in [6.07, 6.45) is 0. The number of nitrogens with zero attached hydrogens (tertiary/aromatic N) is 1. The Bertz CT molecular complexity index is 3500. The summed E-state index contributed by atoms with van der Waals surface area (Å²) in [5.41, 5.74) is 18.3. The molecule has 11 aromatic carbocycles. The van der Waals surface area contributed by atoms with Crippen molar-refractivity contribution < 1.29 is 0 Å². The third kappa shape index (κ3) is 4.85. The molecule has 0 saturated carbocycles. The Labute approximate surface area is 361 Å². The van der Waals surface area contributed by atoms with Crippen LogP contribution in [-0.4, -0.2) is 0 Å². The summed E-state index contributed by atoms with van der Waals surface area (Å²) in [4.78, 5) is 2.51. The molecule has 288 valence electrons. The van der Waals surface area contributed by atoms with Gasteiger partial charge in [-0.15, -0.1) is 0 Å². The van der Waals surface area contributed by atoms with Gasteiger partial charge in [0.05, 0.1) is 11.1 Å². The van der Waals surface area contributed by atoms with Gasteiger partial charge in [0.15, 0.2) is 0 Å². The molecule has 1 spiro atoms. The van der Waals surface area contributed by atoms with E-state index < -0.39 is 5.41 Å². The molecular formula is C61H39N. The molecule has 0 N–H and O–H groups in total. The Morgan fingerprint density at radius 1 is 0.258 bits per heavy atom. The average molecular weight is 786 g/mol. The molecule has 0 unspecified atom stereocenters. The molecule has 0 atom stereocenters. The van der Waals surface area contributed by atoms with Gasteiger partial charge < -0.3 is 4.90 Å².